The summed E-state index contributed by atoms with van der Waals surface area (Å²) in [5, 5.41) is 8.92. The Bertz CT molecular complexity index is 234. The van der Waals surface area contributed by atoms with Gasteiger partial charge in [0.2, 0.25) is 0 Å². The highest BCUT2D eigenvalue weighted by Crippen LogP contribution is 2.38. The Morgan fingerprint density at radius 3 is 2.53 bits per heavy atom. The van der Waals surface area contributed by atoms with Crippen LogP contribution in [0.2, 0.25) is 0 Å². The molecule has 86 valence electrons. The second kappa shape index (κ2) is 4.99. The molecule has 1 heterocycles. The second-order valence-electron chi connectivity index (χ2n) is 5.78. The minimum absolute atomic E-state index is 0.268. The van der Waals surface area contributed by atoms with Crippen LogP contribution in [-0.4, -0.2) is 24.5 Å². The normalized spacial score (nSPS) is 25.1. The van der Waals surface area contributed by atoms with Gasteiger partial charge in [-0.1, -0.05) is 27.7 Å². The van der Waals surface area contributed by atoms with Crippen LogP contribution in [0.15, 0.2) is 0 Å². The van der Waals surface area contributed by atoms with E-state index in [1.807, 2.05) is 0 Å². The van der Waals surface area contributed by atoms with Gasteiger partial charge in [0.05, 0.1) is 6.07 Å². The zero-order chi connectivity index (χ0) is 11.5. The molecule has 0 N–H and O–H groups in total. The van der Waals surface area contributed by atoms with Crippen molar-refractivity contribution in [3.63, 3.8) is 0 Å². The summed E-state index contributed by atoms with van der Waals surface area (Å²) in [4.78, 5) is 2.50. The van der Waals surface area contributed by atoms with Crippen molar-refractivity contribution in [2.24, 2.45) is 17.3 Å². The van der Waals surface area contributed by atoms with Crippen molar-refractivity contribution >= 4 is 0 Å². The van der Waals surface area contributed by atoms with E-state index in [0.29, 0.717) is 12.3 Å². The molecule has 1 rings (SSSR count). The summed E-state index contributed by atoms with van der Waals surface area (Å²) in [5.74, 6) is 1.28. The van der Waals surface area contributed by atoms with Crippen LogP contribution in [0.3, 0.4) is 0 Å². The van der Waals surface area contributed by atoms with E-state index in [-0.39, 0.29) is 5.41 Å². The van der Waals surface area contributed by atoms with Crippen molar-refractivity contribution in [3.05, 3.63) is 0 Å². The molecule has 2 heteroatoms. The molecule has 2 atom stereocenters. The first-order valence-electron chi connectivity index (χ1n) is 6.08. The molecule has 0 aliphatic carbocycles. The Kier molecular flexibility index (Phi) is 4.16. The summed E-state index contributed by atoms with van der Waals surface area (Å²) in [5.41, 5.74) is 0.268. The molecule has 1 fully saturated rings. The quantitative estimate of drug-likeness (QED) is 0.713. The number of likely N-dealkylation sites (tertiary alicyclic amines) is 1. The summed E-state index contributed by atoms with van der Waals surface area (Å²) in [6.45, 7) is 12.6. The second-order valence-corrected chi connectivity index (χ2v) is 5.78. The molecule has 2 unspecified atom stereocenters. The Balaban J connectivity index is 2.63. The molecule has 2 nitrogen and oxygen atoms in total. The lowest BCUT2D eigenvalue weighted by atomic mass is 9.71. The average Bonchev–Trinajstić information content (AvgIpc) is 2.60. The molecule has 1 aliphatic heterocycles. The third-order valence-corrected chi connectivity index (χ3v) is 3.75. The molecule has 0 aromatic carbocycles. The van der Waals surface area contributed by atoms with E-state index in [1.54, 1.807) is 0 Å². The highest BCUT2D eigenvalue weighted by molar-refractivity contribution is 4.91. The maximum absolute atomic E-state index is 8.92. The molecule has 0 spiro atoms. The number of hydrogen-bond donors (Lipinski definition) is 0. The summed E-state index contributed by atoms with van der Waals surface area (Å²) in [6, 6.07) is 2.37. The van der Waals surface area contributed by atoms with Gasteiger partial charge in [-0.05, 0) is 36.8 Å². The van der Waals surface area contributed by atoms with Crippen molar-refractivity contribution < 1.29 is 0 Å². The third-order valence-electron chi connectivity index (χ3n) is 3.75. The minimum Gasteiger partial charge on any atom is -0.303 e. The lowest BCUT2D eigenvalue weighted by Gasteiger charge is -2.33. The summed E-state index contributed by atoms with van der Waals surface area (Å²) < 4.78 is 0. The third kappa shape index (κ3) is 3.21. The Morgan fingerprint density at radius 2 is 2.13 bits per heavy atom. The molecule has 0 saturated carbocycles. The molecule has 0 bridgehead atoms. The van der Waals surface area contributed by atoms with Crippen molar-refractivity contribution in [2.45, 2.75) is 40.5 Å². The van der Waals surface area contributed by atoms with Crippen LogP contribution in [0.5, 0.6) is 0 Å². The van der Waals surface area contributed by atoms with Crippen LogP contribution in [0.25, 0.3) is 0 Å². The monoisotopic (exact) mass is 208 g/mol. The molecule has 1 aliphatic rings. The summed E-state index contributed by atoms with van der Waals surface area (Å²) in [7, 11) is 0. The van der Waals surface area contributed by atoms with Gasteiger partial charge < -0.3 is 4.90 Å². The van der Waals surface area contributed by atoms with Crippen LogP contribution in [0.1, 0.15) is 40.5 Å². The zero-order valence-electron chi connectivity index (χ0n) is 10.6. The van der Waals surface area contributed by atoms with Crippen LogP contribution in [0.4, 0.5) is 0 Å². The van der Waals surface area contributed by atoms with E-state index in [0.717, 1.165) is 12.5 Å². The standard InChI is InChI=1S/C13H24N2/c1-5-15-9-7-11(10-15)12(6-8-14)13(2,3)4/h11-12H,5-7,9-10H2,1-4H3. The topological polar surface area (TPSA) is 27.0 Å². The average molecular weight is 208 g/mol. The van der Waals surface area contributed by atoms with Gasteiger partial charge in [-0.25, -0.2) is 0 Å². The number of hydrogen-bond acceptors (Lipinski definition) is 2. The molecule has 0 aromatic rings. The van der Waals surface area contributed by atoms with Crippen molar-refractivity contribution in [3.8, 4) is 6.07 Å². The lowest BCUT2D eigenvalue weighted by molar-refractivity contribution is 0.161. The minimum atomic E-state index is 0.268. The first-order valence-corrected chi connectivity index (χ1v) is 6.08. The number of nitriles is 1. The molecule has 1 saturated heterocycles. The predicted molar refractivity (Wildman–Crippen MR) is 63.4 cm³/mol. The number of rotatable bonds is 3. The fourth-order valence-corrected chi connectivity index (χ4v) is 2.76. The van der Waals surface area contributed by atoms with E-state index in [2.05, 4.69) is 38.7 Å². The van der Waals surface area contributed by atoms with Gasteiger partial charge in [-0.3, -0.25) is 0 Å². The van der Waals surface area contributed by atoms with Gasteiger partial charge in [-0.2, -0.15) is 5.26 Å². The number of nitrogens with zero attached hydrogens (tertiary/aromatic N) is 2. The van der Waals surface area contributed by atoms with Crippen LogP contribution in [0, 0.1) is 28.6 Å². The summed E-state index contributed by atoms with van der Waals surface area (Å²) in [6.07, 6.45) is 1.99. The molecule has 15 heavy (non-hydrogen) atoms. The smallest absolute Gasteiger partial charge is 0.0624 e. The van der Waals surface area contributed by atoms with Gasteiger partial charge >= 0.3 is 0 Å². The maximum Gasteiger partial charge on any atom is 0.0624 e. The van der Waals surface area contributed by atoms with E-state index in [4.69, 9.17) is 5.26 Å². The molecule has 0 amide bonds. The first kappa shape index (κ1) is 12.5. The highest BCUT2D eigenvalue weighted by Gasteiger charge is 2.35. The fourth-order valence-electron chi connectivity index (χ4n) is 2.76. The van der Waals surface area contributed by atoms with E-state index < -0.39 is 0 Å². The Hall–Kier alpha value is -0.550. The highest BCUT2D eigenvalue weighted by atomic mass is 15.1. The van der Waals surface area contributed by atoms with Crippen molar-refractivity contribution in [2.75, 3.05) is 19.6 Å². The fraction of sp³-hybridized carbons (Fsp3) is 0.923. The summed E-state index contributed by atoms with van der Waals surface area (Å²) >= 11 is 0. The van der Waals surface area contributed by atoms with Gasteiger partial charge in [-0.15, -0.1) is 0 Å². The molecule has 0 aromatic heterocycles. The SMILES string of the molecule is CCN1CCC(C(CC#N)C(C)(C)C)C1. The first-order chi connectivity index (χ1) is 6.99. The lowest BCUT2D eigenvalue weighted by Crippen LogP contribution is -2.30. The van der Waals surface area contributed by atoms with Gasteiger partial charge in [0.15, 0.2) is 0 Å². The maximum atomic E-state index is 8.92. The predicted octanol–water partition coefficient (Wildman–Crippen LogP) is 2.90. The van der Waals surface area contributed by atoms with Crippen molar-refractivity contribution in [1.82, 2.24) is 4.90 Å². The van der Waals surface area contributed by atoms with Crippen LogP contribution in [-0.2, 0) is 0 Å². The van der Waals surface area contributed by atoms with E-state index >= 15 is 0 Å². The Morgan fingerprint density at radius 1 is 1.47 bits per heavy atom. The van der Waals surface area contributed by atoms with Gasteiger partial charge in [0, 0.05) is 13.0 Å². The van der Waals surface area contributed by atoms with E-state index in [9.17, 15) is 0 Å². The van der Waals surface area contributed by atoms with Gasteiger partial charge in [0.1, 0.15) is 0 Å². The van der Waals surface area contributed by atoms with Crippen molar-refractivity contribution in [1.29, 1.82) is 5.26 Å². The Labute approximate surface area is 94.3 Å². The van der Waals surface area contributed by atoms with E-state index in [1.165, 1.54) is 19.5 Å². The molecule has 0 radical (unpaired) electrons. The van der Waals surface area contributed by atoms with Crippen LogP contribution < -0.4 is 0 Å². The largest absolute Gasteiger partial charge is 0.303 e. The zero-order valence-corrected chi connectivity index (χ0v) is 10.6. The molecular formula is C13H24N2. The van der Waals surface area contributed by atoms with Crippen LogP contribution >= 0.6 is 0 Å². The molecular weight excluding hydrogens is 184 g/mol. The van der Waals surface area contributed by atoms with Gasteiger partial charge in [0.25, 0.3) is 0 Å².